The lowest BCUT2D eigenvalue weighted by Crippen LogP contribution is -2.39. The van der Waals surface area contributed by atoms with Crippen molar-refractivity contribution in [2.24, 2.45) is 0 Å². The number of rotatable bonds is 5. The molecule has 8 heteroatoms. The van der Waals surface area contributed by atoms with Crippen molar-refractivity contribution < 1.29 is 14.8 Å². The Kier molecular flexibility index (Phi) is 4.16. The largest absolute Gasteiger partial charge is 0.394 e. The van der Waals surface area contributed by atoms with Crippen LogP contribution in [0.25, 0.3) is 0 Å². The van der Waals surface area contributed by atoms with E-state index in [1.807, 2.05) is 0 Å². The Hall–Kier alpha value is -1.96. The molecule has 1 aromatic heterocycles. The summed E-state index contributed by atoms with van der Waals surface area (Å²) in [5.41, 5.74) is 0. The van der Waals surface area contributed by atoms with Gasteiger partial charge in [-0.05, 0) is 11.8 Å². The average molecular weight is 242 g/mol. The Morgan fingerprint density at radius 2 is 2.41 bits per heavy atom. The number of hydrogen-bond donors (Lipinski definition) is 1. The van der Waals surface area contributed by atoms with Gasteiger partial charge in [0.2, 0.25) is 5.91 Å². The van der Waals surface area contributed by atoms with Crippen LogP contribution >= 0.6 is 0 Å². The van der Waals surface area contributed by atoms with Gasteiger partial charge in [0.15, 0.2) is 0 Å². The molecule has 0 aliphatic heterocycles. The summed E-state index contributed by atoms with van der Waals surface area (Å²) in [4.78, 5) is 22.8. The zero-order chi connectivity index (χ0) is 13.0. The number of carbonyl (C=O) groups excluding carboxylic acids is 1. The van der Waals surface area contributed by atoms with Crippen LogP contribution in [0.15, 0.2) is 12.3 Å². The van der Waals surface area contributed by atoms with E-state index in [4.69, 9.17) is 5.11 Å². The maximum absolute atomic E-state index is 11.7. The zero-order valence-electron chi connectivity index (χ0n) is 9.61. The molecular weight excluding hydrogens is 228 g/mol. The van der Waals surface area contributed by atoms with Gasteiger partial charge >= 0.3 is 5.82 Å². The highest BCUT2D eigenvalue weighted by Crippen LogP contribution is 2.06. The lowest BCUT2D eigenvalue weighted by atomic mass is 10.3. The summed E-state index contributed by atoms with van der Waals surface area (Å²) in [6.07, 6.45) is 1.37. The van der Waals surface area contributed by atoms with Crippen LogP contribution in [-0.2, 0) is 11.3 Å². The smallest absolute Gasteiger partial charge is 0.389 e. The third-order valence-electron chi connectivity index (χ3n) is 2.43. The molecule has 1 aromatic rings. The number of nitrogens with zero attached hydrogens (tertiary/aromatic N) is 4. The fraction of sp³-hybridized carbons (Fsp3) is 0.556. The second kappa shape index (κ2) is 5.39. The number of nitro groups is 1. The standard InChI is InChI=1S/C9H14N4O4/c1-7(6-14)11(2)9(15)5-12-4-3-8(10-12)13(16)17/h3-4,7,14H,5-6H2,1-2H3. The van der Waals surface area contributed by atoms with Crippen molar-refractivity contribution in [1.29, 1.82) is 0 Å². The van der Waals surface area contributed by atoms with E-state index in [9.17, 15) is 14.9 Å². The molecule has 0 bridgehead atoms. The zero-order valence-corrected chi connectivity index (χ0v) is 9.61. The van der Waals surface area contributed by atoms with Crippen molar-refractivity contribution >= 4 is 11.7 Å². The minimum absolute atomic E-state index is 0.0886. The third-order valence-corrected chi connectivity index (χ3v) is 2.43. The first-order chi connectivity index (χ1) is 7.95. The van der Waals surface area contributed by atoms with E-state index >= 15 is 0 Å². The van der Waals surface area contributed by atoms with Crippen LogP contribution in [0, 0.1) is 10.1 Å². The first kappa shape index (κ1) is 13.1. The van der Waals surface area contributed by atoms with Gasteiger partial charge in [-0.15, -0.1) is 0 Å². The minimum Gasteiger partial charge on any atom is -0.394 e. The lowest BCUT2D eigenvalue weighted by Gasteiger charge is -2.22. The van der Waals surface area contributed by atoms with Crippen molar-refractivity contribution in [2.45, 2.75) is 19.5 Å². The molecule has 0 saturated carbocycles. The number of aromatic nitrogens is 2. The van der Waals surface area contributed by atoms with Crippen molar-refractivity contribution in [1.82, 2.24) is 14.7 Å². The quantitative estimate of drug-likeness (QED) is 0.560. The Bertz CT molecular complexity index is 417. The van der Waals surface area contributed by atoms with Crippen molar-refractivity contribution in [2.75, 3.05) is 13.7 Å². The Morgan fingerprint density at radius 3 is 2.88 bits per heavy atom. The van der Waals surface area contributed by atoms with E-state index in [1.165, 1.54) is 21.8 Å². The predicted molar refractivity (Wildman–Crippen MR) is 58.2 cm³/mol. The molecule has 8 nitrogen and oxygen atoms in total. The summed E-state index contributed by atoms with van der Waals surface area (Å²) in [6, 6.07) is 0.927. The highest BCUT2D eigenvalue weighted by molar-refractivity contribution is 5.75. The molecule has 0 aliphatic carbocycles. The molecule has 1 N–H and O–H groups in total. The minimum atomic E-state index is -0.624. The maximum Gasteiger partial charge on any atom is 0.389 e. The molecule has 0 fully saturated rings. The van der Waals surface area contributed by atoms with Crippen molar-refractivity contribution in [3.63, 3.8) is 0 Å². The van der Waals surface area contributed by atoms with E-state index in [0.29, 0.717) is 0 Å². The fourth-order valence-corrected chi connectivity index (χ4v) is 1.15. The number of likely N-dealkylation sites (N-methyl/N-ethyl adjacent to an activating group) is 1. The highest BCUT2D eigenvalue weighted by atomic mass is 16.6. The molecule has 1 atom stereocenters. The molecule has 17 heavy (non-hydrogen) atoms. The van der Waals surface area contributed by atoms with Crippen LogP contribution in [0.2, 0.25) is 0 Å². The Labute approximate surface area is 97.6 Å². The number of hydrogen-bond acceptors (Lipinski definition) is 5. The van der Waals surface area contributed by atoms with Crippen LogP contribution in [0.1, 0.15) is 6.92 Å². The molecule has 1 unspecified atom stereocenters. The van der Waals surface area contributed by atoms with Gasteiger partial charge in [-0.2, -0.15) is 4.68 Å². The molecule has 94 valence electrons. The summed E-state index contributed by atoms with van der Waals surface area (Å²) >= 11 is 0. The first-order valence-corrected chi connectivity index (χ1v) is 5.00. The van der Waals surface area contributed by atoms with Gasteiger partial charge in [0, 0.05) is 7.05 Å². The van der Waals surface area contributed by atoms with Gasteiger partial charge in [-0.1, -0.05) is 0 Å². The lowest BCUT2D eigenvalue weighted by molar-refractivity contribution is -0.389. The molecule has 1 heterocycles. The summed E-state index contributed by atoms with van der Waals surface area (Å²) < 4.78 is 1.20. The molecule has 0 aliphatic rings. The van der Waals surface area contributed by atoms with E-state index in [2.05, 4.69) is 5.10 Å². The van der Waals surface area contributed by atoms with Gasteiger partial charge in [0.25, 0.3) is 0 Å². The molecule has 1 rings (SSSR count). The second-order valence-corrected chi connectivity index (χ2v) is 3.66. The number of aliphatic hydroxyl groups is 1. The van der Waals surface area contributed by atoms with Crippen LogP contribution in [-0.4, -0.2) is 50.3 Å². The van der Waals surface area contributed by atoms with Gasteiger partial charge < -0.3 is 20.1 Å². The first-order valence-electron chi connectivity index (χ1n) is 5.00. The van der Waals surface area contributed by atoms with Crippen LogP contribution in [0.5, 0.6) is 0 Å². The van der Waals surface area contributed by atoms with Crippen molar-refractivity contribution in [3.05, 3.63) is 22.4 Å². The third kappa shape index (κ3) is 3.25. The maximum atomic E-state index is 11.7. The summed E-state index contributed by atoms with van der Waals surface area (Å²) in [6.45, 7) is 1.47. The van der Waals surface area contributed by atoms with E-state index < -0.39 is 4.92 Å². The summed E-state index contributed by atoms with van der Waals surface area (Å²) in [5.74, 6) is -0.569. The second-order valence-electron chi connectivity index (χ2n) is 3.66. The van der Waals surface area contributed by atoms with Gasteiger partial charge in [0.1, 0.15) is 6.54 Å². The van der Waals surface area contributed by atoms with E-state index in [0.717, 1.165) is 0 Å². The Balaban J connectivity index is 2.64. The molecule has 1 amide bonds. The normalized spacial score (nSPS) is 12.2. The monoisotopic (exact) mass is 242 g/mol. The highest BCUT2D eigenvalue weighted by Gasteiger charge is 2.18. The number of amides is 1. The van der Waals surface area contributed by atoms with Crippen LogP contribution in [0.3, 0.4) is 0 Å². The van der Waals surface area contributed by atoms with Gasteiger partial charge in [-0.3, -0.25) is 4.79 Å². The van der Waals surface area contributed by atoms with E-state index in [1.54, 1.807) is 14.0 Å². The van der Waals surface area contributed by atoms with Gasteiger partial charge in [0.05, 0.1) is 30.0 Å². The van der Waals surface area contributed by atoms with Crippen molar-refractivity contribution in [3.8, 4) is 0 Å². The fourth-order valence-electron chi connectivity index (χ4n) is 1.15. The van der Waals surface area contributed by atoms with E-state index in [-0.39, 0.29) is 30.9 Å². The van der Waals surface area contributed by atoms with Crippen LogP contribution < -0.4 is 0 Å². The number of carbonyl (C=O) groups is 1. The number of aliphatic hydroxyl groups excluding tert-OH is 1. The topological polar surface area (TPSA) is 102 Å². The molecule has 0 radical (unpaired) electrons. The SMILES string of the molecule is CC(CO)N(C)C(=O)Cn1ccc([N+](=O)[O-])n1. The van der Waals surface area contributed by atoms with Gasteiger partial charge in [-0.25, -0.2) is 0 Å². The summed E-state index contributed by atoms with van der Waals surface area (Å²) in [7, 11) is 1.56. The molecule has 0 saturated heterocycles. The Morgan fingerprint density at radius 1 is 1.76 bits per heavy atom. The molecular formula is C9H14N4O4. The summed E-state index contributed by atoms with van der Waals surface area (Å²) in [5, 5.41) is 22.9. The molecule has 0 aromatic carbocycles. The predicted octanol–water partition coefficient (Wildman–Crippen LogP) is -0.370. The molecule has 0 spiro atoms. The average Bonchev–Trinajstić information content (AvgIpc) is 2.75. The van der Waals surface area contributed by atoms with Crippen LogP contribution in [0.4, 0.5) is 5.82 Å².